The van der Waals surface area contributed by atoms with Crippen molar-refractivity contribution in [1.29, 1.82) is 0 Å². The first-order valence-electron chi connectivity index (χ1n) is 6.09. The number of allylic oxidation sites excluding steroid dienone is 7. The van der Waals surface area contributed by atoms with Crippen LogP contribution in [0.1, 0.15) is 25.7 Å². The summed E-state index contributed by atoms with van der Waals surface area (Å²) in [6.45, 7) is 3.72. The van der Waals surface area contributed by atoms with E-state index < -0.39 is 11.9 Å². The normalized spacial score (nSPS) is 31.5. The monoisotopic (exact) mass is 232 g/mol. The van der Waals surface area contributed by atoms with Gasteiger partial charge in [0.1, 0.15) is 0 Å². The van der Waals surface area contributed by atoms with E-state index in [9.17, 15) is 9.90 Å². The summed E-state index contributed by atoms with van der Waals surface area (Å²) in [5, 5.41) is 9.21. The van der Waals surface area contributed by atoms with Gasteiger partial charge >= 0.3 is 5.97 Å². The molecule has 2 nitrogen and oxygen atoms in total. The molecule has 0 spiro atoms. The molecule has 0 fully saturated rings. The Morgan fingerprint density at radius 3 is 2.71 bits per heavy atom. The van der Waals surface area contributed by atoms with Gasteiger partial charge in [-0.25, -0.2) is 0 Å². The van der Waals surface area contributed by atoms with E-state index in [2.05, 4.69) is 18.7 Å². The summed E-state index contributed by atoms with van der Waals surface area (Å²) >= 11 is 0. The minimum absolute atomic E-state index is 0.110. The SMILES string of the molecule is C=C[C@H]1/C=C/C=C/CCC/C=C/C[C@H]1C(=O)O. The molecule has 1 aliphatic carbocycles. The van der Waals surface area contributed by atoms with Crippen molar-refractivity contribution in [3.05, 3.63) is 49.1 Å². The van der Waals surface area contributed by atoms with Crippen LogP contribution in [0.5, 0.6) is 0 Å². The third-order valence-electron chi connectivity index (χ3n) is 2.93. The van der Waals surface area contributed by atoms with Crippen molar-refractivity contribution in [2.45, 2.75) is 25.7 Å². The Balaban J connectivity index is 2.84. The first kappa shape index (κ1) is 13.5. The Morgan fingerprint density at radius 1 is 1.24 bits per heavy atom. The average molecular weight is 232 g/mol. The van der Waals surface area contributed by atoms with Crippen LogP contribution in [0.25, 0.3) is 0 Å². The predicted octanol–water partition coefficient (Wildman–Crippen LogP) is 3.73. The van der Waals surface area contributed by atoms with Crippen LogP contribution in [0.2, 0.25) is 0 Å². The van der Waals surface area contributed by atoms with Crippen LogP contribution in [-0.2, 0) is 4.79 Å². The lowest BCUT2D eigenvalue weighted by molar-refractivity contribution is -0.142. The van der Waals surface area contributed by atoms with Crippen molar-refractivity contribution in [2.24, 2.45) is 11.8 Å². The van der Waals surface area contributed by atoms with Gasteiger partial charge in [0.05, 0.1) is 5.92 Å². The molecule has 0 saturated carbocycles. The molecule has 1 rings (SSSR count). The third kappa shape index (κ3) is 4.85. The van der Waals surface area contributed by atoms with Crippen LogP contribution in [0, 0.1) is 11.8 Å². The quantitative estimate of drug-likeness (QED) is 0.736. The maximum Gasteiger partial charge on any atom is 0.307 e. The standard InChI is InChI=1S/C15H20O2/c1-2-13-11-9-7-5-3-4-6-8-10-12-14(13)15(16)17/h2,5,7-11,13-14H,1,3-4,6,12H2,(H,16,17)/b7-5+,10-8+,11-9+/t13-,14+/m0/s1. The molecule has 2 heteroatoms. The third-order valence-corrected chi connectivity index (χ3v) is 2.93. The lowest BCUT2D eigenvalue weighted by Crippen LogP contribution is -2.20. The van der Waals surface area contributed by atoms with E-state index >= 15 is 0 Å². The summed E-state index contributed by atoms with van der Waals surface area (Å²) in [4.78, 5) is 11.2. The Labute approximate surface area is 103 Å². The highest BCUT2D eigenvalue weighted by molar-refractivity contribution is 5.71. The van der Waals surface area contributed by atoms with Crippen molar-refractivity contribution < 1.29 is 9.90 Å². The zero-order valence-electron chi connectivity index (χ0n) is 10.1. The van der Waals surface area contributed by atoms with Gasteiger partial charge in [0.15, 0.2) is 0 Å². The number of carboxylic acids is 1. The molecular weight excluding hydrogens is 212 g/mol. The predicted molar refractivity (Wildman–Crippen MR) is 70.7 cm³/mol. The highest BCUT2D eigenvalue weighted by Crippen LogP contribution is 2.20. The van der Waals surface area contributed by atoms with Gasteiger partial charge in [-0.15, -0.1) is 6.58 Å². The van der Waals surface area contributed by atoms with Gasteiger partial charge < -0.3 is 5.11 Å². The second-order valence-corrected chi connectivity index (χ2v) is 4.21. The van der Waals surface area contributed by atoms with Crippen LogP contribution in [-0.4, -0.2) is 11.1 Å². The second kappa shape index (κ2) is 7.66. The molecule has 92 valence electrons. The van der Waals surface area contributed by atoms with Crippen LogP contribution >= 0.6 is 0 Å². The van der Waals surface area contributed by atoms with E-state index in [1.165, 1.54) is 0 Å². The summed E-state index contributed by atoms with van der Waals surface area (Å²) in [7, 11) is 0. The Hall–Kier alpha value is -1.57. The van der Waals surface area contributed by atoms with Crippen molar-refractivity contribution in [3.63, 3.8) is 0 Å². The molecule has 0 radical (unpaired) electrons. The lowest BCUT2D eigenvalue weighted by atomic mass is 9.88. The molecular formula is C15H20O2. The maximum absolute atomic E-state index is 11.2. The number of carboxylic acid groups (broad SMARTS) is 1. The Morgan fingerprint density at radius 2 is 2.00 bits per heavy atom. The molecule has 1 aliphatic rings. The van der Waals surface area contributed by atoms with Gasteiger partial charge in [-0.3, -0.25) is 4.79 Å². The van der Waals surface area contributed by atoms with Gasteiger partial charge in [0, 0.05) is 5.92 Å². The molecule has 17 heavy (non-hydrogen) atoms. The summed E-state index contributed by atoms with van der Waals surface area (Å²) in [6, 6.07) is 0. The van der Waals surface area contributed by atoms with Gasteiger partial charge in [-0.05, 0) is 25.7 Å². The van der Waals surface area contributed by atoms with Gasteiger partial charge in [-0.1, -0.05) is 42.5 Å². The molecule has 2 atom stereocenters. The molecule has 0 aliphatic heterocycles. The molecule has 0 amide bonds. The number of hydrogen-bond acceptors (Lipinski definition) is 1. The summed E-state index contributed by atoms with van der Waals surface area (Å²) in [5.74, 6) is -1.28. The topological polar surface area (TPSA) is 37.3 Å². The fourth-order valence-electron chi connectivity index (χ4n) is 1.88. The number of hydrogen-bond donors (Lipinski definition) is 1. The molecule has 0 bridgehead atoms. The van der Waals surface area contributed by atoms with Crippen LogP contribution in [0.4, 0.5) is 0 Å². The van der Waals surface area contributed by atoms with E-state index in [0.717, 1.165) is 19.3 Å². The minimum atomic E-state index is -0.759. The first-order chi connectivity index (χ1) is 8.25. The van der Waals surface area contributed by atoms with Crippen LogP contribution in [0.15, 0.2) is 49.1 Å². The van der Waals surface area contributed by atoms with Gasteiger partial charge in [0.25, 0.3) is 0 Å². The van der Waals surface area contributed by atoms with E-state index in [1.807, 2.05) is 24.3 Å². The Bertz CT molecular complexity index is 337. The van der Waals surface area contributed by atoms with Gasteiger partial charge in [-0.2, -0.15) is 0 Å². The molecule has 0 aromatic heterocycles. The molecule has 0 unspecified atom stereocenters. The smallest absolute Gasteiger partial charge is 0.307 e. The fraction of sp³-hybridized carbons (Fsp3) is 0.400. The average Bonchev–Trinajstić information content (AvgIpc) is 2.29. The zero-order valence-corrected chi connectivity index (χ0v) is 10.1. The van der Waals surface area contributed by atoms with E-state index in [4.69, 9.17) is 0 Å². The first-order valence-corrected chi connectivity index (χ1v) is 6.09. The largest absolute Gasteiger partial charge is 0.481 e. The van der Waals surface area contributed by atoms with Gasteiger partial charge in [0.2, 0.25) is 0 Å². The lowest BCUT2D eigenvalue weighted by Gasteiger charge is -2.16. The zero-order chi connectivity index (χ0) is 12.5. The second-order valence-electron chi connectivity index (χ2n) is 4.21. The molecule has 1 N–H and O–H groups in total. The molecule has 0 aromatic rings. The summed E-state index contributed by atoms with van der Waals surface area (Å²) < 4.78 is 0. The number of rotatable bonds is 2. The number of carbonyl (C=O) groups is 1. The van der Waals surface area contributed by atoms with Crippen LogP contribution in [0.3, 0.4) is 0 Å². The van der Waals surface area contributed by atoms with Crippen molar-refractivity contribution in [2.75, 3.05) is 0 Å². The van der Waals surface area contributed by atoms with Crippen LogP contribution < -0.4 is 0 Å². The minimum Gasteiger partial charge on any atom is -0.481 e. The van der Waals surface area contributed by atoms with Crippen molar-refractivity contribution in [3.8, 4) is 0 Å². The molecule has 0 saturated heterocycles. The van der Waals surface area contributed by atoms with E-state index in [-0.39, 0.29) is 5.92 Å². The number of aliphatic carboxylic acids is 1. The summed E-state index contributed by atoms with van der Waals surface area (Å²) in [6.07, 6.45) is 17.5. The molecule has 0 aromatic carbocycles. The Kier molecular flexibility index (Phi) is 6.08. The van der Waals surface area contributed by atoms with E-state index in [1.54, 1.807) is 6.08 Å². The van der Waals surface area contributed by atoms with Crippen molar-refractivity contribution >= 4 is 5.97 Å². The highest BCUT2D eigenvalue weighted by atomic mass is 16.4. The molecule has 0 heterocycles. The van der Waals surface area contributed by atoms with Crippen molar-refractivity contribution in [1.82, 2.24) is 0 Å². The summed E-state index contributed by atoms with van der Waals surface area (Å²) in [5.41, 5.74) is 0. The fourth-order valence-corrected chi connectivity index (χ4v) is 1.88. The highest BCUT2D eigenvalue weighted by Gasteiger charge is 2.22. The maximum atomic E-state index is 11.2. The van der Waals surface area contributed by atoms with E-state index in [0.29, 0.717) is 6.42 Å².